The summed E-state index contributed by atoms with van der Waals surface area (Å²) >= 11 is 17.5. The maximum atomic E-state index is 11.4. The first-order chi connectivity index (χ1) is 9.11. The molecule has 0 spiro atoms. The van der Waals surface area contributed by atoms with Gasteiger partial charge in [-0.05, 0) is 17.7 Å². The lowest BCUT2D eigenvalue weighted by Gasteiger charge is -2.12. The molecule has 5 heteroatoms. The van der Waals surface area contributed by atoms with Crippen molar-refractivity contribution in [3.8, 4) is 16.9 Å². The third kappa shape index (κ3) is 3.41. The van der Waals surface area contributed by atoms with E-state index in [1.165, 1.54) is 6.07 Å². The molecule has 0 atom stereocenters. The molecule has 2 aromatic carbocycles. The number of carbonyl (C=O) groups is 1. The van der Waals surface area contributed by atoms with Gasteiger partial charge in [0.15, 0.2) is 5.75 Å². The van der Waals surface area contributed by atoms with Crippen molar-refractivity contribution >= 4 is 40.8 Å². The van der Waals surface area contributed by atoms with E-state index in [2.05, 4.69) is 0 Å². The first-order valence-electron chi connectivity index (χ1n) is 5.43. The van der Waals surface area contributed by atoms with Crippen molar-refractivity contribution in [3.63, 3.8) is 0 Å². The minimum Gasteiger partial charge on any atom is -0.423 e. The fourth-order valence-electron chi connectivity index (χ4n) is 1.64. The molecule has 0 saturated heterocycles. The number of esters is 1. The predicted molar refractivity (Wildman–Crippen MR) is 78.3 cm³/mol. The summed E-state index contributed by atoms with van der Waals surface area (Å²) in [5.41, 5.74) is 1.50. The second kappa shape index (κ2) is 6.29. The molecule has 0 bridgehead atoms. The van der Waals surface area contributed by atoms with E-state index in [1.54, 1.807) is 6.07 Å². The molecule has 0 N–H and O–H groups in total. The monoisotopic (exact) mass is 314 g/mol. The Morgan fingerprint density at radius 2 is 1.79 bits per heavy atom. The second-order valence-corrected chi connectivity index (χ2v) is 4.85. The second-order valence-electron chi connectivity index (χ2n) is 3.74. The SMILES string of the molecule is O=C(CCl)Oc1c(Cl)cc(Cl)cc1-c1ccccc1. The Balaban J connectivity index is 2.55. The van der Waals surface area contributed by atoms with E-state index in [0.717, 1.165) is 5.56 Å². The van der Waals surface area contributed by atoms with Gasteiger partial charge in [-0.2, -0.15) is 0 Å². The Bertz CT molecular complexity index is 597. The highest BCUT2D eigenvalue weighted by molar-refractivity contribution is 6.36. The molecule has 0 aliphatic carbocycles. The first-order valence-corrected chi connectivity index (χ1v) is 6.72. The van der Waals surface area contributed by atoms with Crippen LogP contribution in [0.2, 0.25) is 10.0 Å². The quantitative estimate of drug-likeness (QED) is 0.462. The molecule has 2 rings (SSSR count). The van der Waals surface area contributed by atoms with Gasteiger partial charge in [-0.15, -0.1) is 11.6 Å². The van der Waals surface area contributed by atoms with E-state index in [9.17, 15) is 4.79 Å². The summed E-state index contributed by atoms with van der Waals surface area (Å²) in [5, 5.41) is 0.736. The number of ether oxygens (including phenoxy) is 1. The smallest absolute Gasteiger partial charge is 0.326 e. The first kappa shape index (κ1) is 14.2. The van der Waals surface area contributed by atoms with E-state index < -0.39 is 5.97 Å². The molecular formula is C14H9Cl3O2. The van der Waals surface area contributed by atoms with Gasteiger partial charge in [0, 0.05) is 10.6 Å². The summed E-state index contributed by atoms with van der Waals surface area (Å²) in [5.74, 6) is -0.543. The molecule has 0 heterocycles. The molecule has 19 heavy (non-hydrogen) atoms. The van der Waals surface area contributed by atoms with Gasteiger partial charge in [0.25, 0.3) is 0 Å². The lowest BCUT2D eigenvalue weighted by molar-refractivity contribution is -0.131. The van der Waals surface area contributed by atoms with Crippen LogP contribution in [0.1, 0.15) is 0 Å². The minimum absolute atomic E-state index is 0.243. The average molecular weight is 316 g/mol. The van der Waals surface area contributed by atoms with Gasteiger partial charge in [-0.1, -0.05) is 53.5 Å². The fourth-order valence-corrected chi connectivity index (χ4v) is 2.22. The van der Waals surface area contributed by atoms with Crippen LogP contribution in [0.15, 0.2) is 42.5 Å². The van der Waals surface area contributed by atoms with Crippen molar-refractivity contribution in [3.05, 3.63) is 52.5 Å². The minimum atomic E-state index is -0.567. The average Bonchev–Trinajstić information content (AvgIpc) is 2.42. The van der Waals surface area contributed by atoms with Crippen LogP contribution in [-0.4, -0.2) is 11.8 Å². The molecule has 0 aromatic heterocycles. The highest BCUT2D eigenvalue weighted by Crippen LogP contribution is 2.39. The molecule has 0 aliphatic heterocycles. The van der Waals surface area contributed by atoms with Crippen LogP contribution < -0.4 is 4.74 Å². The molecule has 0 unspecified atom stereocenters. The summed E-state index contributed by atoms with van der Waals surface area (Å²) in [6.45, 7) is 0. The van der Waals surface area contributed by atoms with Crippen molar-refractivity contribution < 1.29 is 9.53 Å². The molecule has 0 amide bonds. The van der Waals surface area contributed by atoms with Crippen LogP contribution in [-0.2, 0) is 4.79 Å². The molecule has 0 fully saturated rings. The predicted octanol–water partition coefficient (Wildman–Crippen LogP) is 4.80. The number of carbonyl (C=O) groups excluding carboxylic acids is 1. The molecule has 0 radical (unpaired) electrons. The van der Waals surface area contributed by atoms with Crippen molar-refractivity contribution in [2.75, 3.05) is 5.88 Å². The zero-order valence-electron chi connectivity index (χ0n) is 9.70. The summed E-state index contributed by atoms with van der Waals surface area (Å²) in [7, 11) is 0. The van der Waals surface area contributed by atoms with Crippen LogP contribution in [0.4, 0.5) is 0 Å². The van der Waals surface area contributed by atoms with E-state index in [1.807, 2.05) is 30.3 Å². The highest BCUT2D eigenvalue weighted by Gasteiger charge is 2.15. The Morgan fingerprint density at radius 3 is 2.42 bits per heavy atom. The standard InChI is InChI=1S/C14H9Cl3O2/c15-8-13(18)19-14-11(6-10(16)7-12(14)17)9-4-2-1-3-5-9/h1-7H,8H2. The molecule has 2 nitrogen and oxygen atoms in total. The highest BCUT2D eigenvalue weighted by atomic mass is 35.5. The van der Waals surface area contributed by atoms with Crippen molar-refractivity contribution in [2.45, 2.75) is 0 Å². The maximum Gasteiger partial charge on any atom is 0.326 e. The number of benzene rings is 2. The Hall–Kier alpha value is -1.22. The third-order valence-electron chi connectivity index (χ3n) is 2.42. The van der Waals surface area contributed by atoms with Gasteiger partial charge in [-0.25, -0.2) is 0 Å². The molecular weight excluding hydrogens is 307 g/mol. The van der Waals surface area contributed by atoms with Crippen molar-refractivity contribution in [1.29, 1.82) is 0 Å². The summed E-state index contributed by atoms with van der Waals surface area (Å²) in [6, 6.07) is 12.6. The van der Waals surface area contributed by atoms with Gasteiger partial charge >= 0.3 is 5.97 Å². The van der Waals surface area contributed by atoms with Crippen LogP contribution in [0.5, 0.6) is 5.75 Å². The van der Waals surface area contributed by atoms with E-state index in [-0.39, 0.29) is 16.7 Å². The lowest BCUT2D eigenvalue weighted by Crippen LogP contribution is -2.10. The normalized spacial score (nSPS) is 10.3. The van der Waals surface area contributed by atoms with Gasteiger partial charge in [0.1, 0.15) is 5.88 Å². The maximum absolute atomic E-state index is 11.4. The summed E-state index contributed by atoms with van der Waals surface area (Å²) in [6.07, 6.45) is 0. The van der Waals surface area contributed by atoms with Crippen molar-refractivity contribution in [1.82, 2.24) is 0 Å². The Morgan fingerprint density at radius 1 is 1.11 bits per heavy atom. The van der Waals surface area contributed by atoms with Crippen LogP contribution >= 0.6 is 34.8 Å². The van der Waals surface area contributed by atoms with E-state index in [4.69, 9.17) is 39.5 Å². The molecule has 0 aliphatic rings. The molecule has 2 aromatic rings. The number of rotatable bonds is 3. The van der Waals surface area contributed by atoms with Gasteiger partial charge in [0.05, 0.1) is 5.02 Å². The molecule has 0 saturated carbocycles. The molecule has 98 valence electrons. The zero-order valence-corrected chi connectivity index (χ0v) is 12.0. The Labute approximate surface area is 125 Å². The number of alkyl halides is 1. The van der Waals surface area contributed by atoms with E-state index >= 15 is 0 Å². The van der Waals surface area contributed by atoms with Crippen LogP contribution in [0, 0.1) is 0 Å². The topological polar surface area (TPSA) is 26.3 Å². The van der Waals surface area contributed by atoms with Crippen LogP contribution in [0.3, 0.4) is 0 Å². The lowest BCUT2D eigenvalue weighted by atomic mass is 10.0. The van der Waals surface area contributed by atoms with E-state index in [0.29, 0.717) is 10.6 Å². The Kier molecular flexibility index (Phi) is 4.70. The van der Waals surface area contributed by atoms with Crippen LogP contribution in [0.25, 0.3) is 11.1 Å². The van der Waals surface area contributed by atoms with Crippen molar-refractivity contribution in [2.24, 2.45) is 0 Å². The van der Waals surface area contributed by atoms with Gasteiger partial charge in [-0.3, -0.25) is 4.79 Å². The summed E-state index contributed by atoms with van der Waals surface area (Å²) in [4.78, 5) is 11.4. The summed E-state index contributed by atoms with van der Waals surface area (Å²) < 4.78 is 5.17. The largest absolute Gasteiger partial charge is 0.423 e. The third-order valence-corrected chi connectivity index (χ3v) is 3.14. The number of hydrogen-bond donors (Lipinski definition) is 0. The number of hydrogen-bond acceptors (Lipinski definition) is 2. The van der Waals surface area contributed by atoms with Gasteiger partial charge in [0.2, 0.25) is 0 Å². The zero-order chi connectivity index (χ0) is 13.8. The number of halogens is 3. The fraction of sp³-hybridized carbons (Fsp3) is 0.0714. The van der Waals surface area contributed by atoms with Gasteiger partial charge < -0.3 is 4.74 Å².